The molecule has 0 aliphatic heterocycles. The predicted molar refractivity (Wildman–Crippen MR) is 60.5 cm³/mol. The minimum Gasteiger partial charge on any atom is -0.325 e. The molecule has 1 aromatic heterocycles. The van der Waals surface area contributed by atoms with E-state index in [1.54, 1.807) is 30.2 Å². The zero-order valence-electron chi connectivity index (χ0n) is 8.36. The van der Waals surface area contributed by atoms with Gasteiger partial charge in [0.1, 0.15) is 0 Å². The third-order valence-electron chi connectivity index (χ3n) is 1.82. The molecule has 0 spiro atoms. The normalized spacial score (nSPS) is 12.1. The van der Waals surface area contributed by atoms with Crippen LogP contribution in [0, 0.1) is 0 Å². The molecule has 1 aromatic rings. The highest BCUT2D eigenvalue weighted by Crippen LogP contribution is 2.11. The molecule has 0 saturated carbocycles. The molecule has 3 nitrogen and oxygen atoms in total. The van der Waals surface area contributed by atoms with E-state index in [-0.39, 0.29) is 5.91 Å². The Morgan fingerprint density at radius 2 is 2.50 bits per heavy atom. The Morgan fingerprint density at radius 1 is 1.71 bits per heavy atom. The number of aromatic nitrogens is 1. The van der Waals surface area contributed by atoms with Crippen molar-refractivity contribution in [1.82, 2.24) is 4.98 Å². The SMILES string of the molecule is CS[C@H](C)CC(=O)Nc1cccnc1. The topological polar surface area (TPSA) is 42.0 Å². The van der Waals surface area contributed by atoms with Gasteiger partial charge in [0.05, 0.1) is 11.9 Å². The summed E-state index contributed by atoms with van der Waals surface area (Å²) in [6, 6.07) is 3.63. The first-order chi connectivity index (χ1) is 6.72. The molecule has 1 rings (SSSR count). The van der Waals surface area contributed by atoms with Crippen LogP contribution in [0.25, 0.3) is 0 Å². The van der Waals surface area contributed by atoms with E-state index in [4.69, 9.17) is 0 Å². The average molecular weight is 210 g/mol. The van der Waals surface area contributed by atoms with E-state index in [2.05, 4.69) is 10.3 Å². The van der Waals surface area contributed by atoms with E-state index in [0.717, 1.165) is 5.69 Å². The van der Waals surface area contributed by atoms with Crippen molar-refractivity contribution in [1.29, 1.82) is 0 Å². The van der Waals surface area contributed by atoms with Crippen LogP contribution in [0.3, 0.4) is 0 Å². The molecule has 1 amide bonds. The zero-order chi connectivity index (χ0) is 10.4. The largest absolute Gasteiger partial charge is 0.325 e. The van der Waals surface area contributed by atoms with Gasteiger partial charge in [-0.2, -0.15) is 11.8 Å². The maximum Gasteiger partial charge on any atom is 0.225 e. The molecule has 0 radical (unpaired) electrons. The fraction of sp³-hybridized carbons (Fsp3) is 0.400. The summed E-state index contributed by atoms with van der Waals surface area (Å²) in [7, 11) is 0. The molecule has 0 saturated heterocycles. The lowest BCUT2D eigenvalue weighted by atomic mass is 10.3. The van der Waals surface area contributed by atoms with Crippen LogP contribution >= 0.6 is 11.8 Å². The Morgan fingerprint density at radius 3 is 3.07 bits per heavy atom. The standard InChI is InChI=1S/C10H14N2OS/c1-8(14-2)6-10(13)12-9-4-3-5-11-7-9/h3-5,7-8H,6H2,1-2H3,(H,12,13)/t8-/m1/s1. The number of nitrogens with zero attached hydrogens (tertiary/aromatic N) is 1. The minimum absolute atomic E-state index is 0.0415. The fourth-order valence-corrected chi connectivity index (χ4v) is 1.31. The van der Waals surface area contributed by atoms with Gasteiger partial charge in [-0.05, 0) is 18.4 Å². The van der Waals surface area contributed by atoms with Crippen molar-refractivity contribution in [3.63, 3.8) is 0 Å². The molecular formula is C10H14N2OS. The molecule has 4 heteroatoms. The summed E-state index contributed by atoms with van der Waals surface area (Å²) in [5.74, 6) is 0.0415. The molecule has 0 bridgehead atoms. The number of carbonyl (C=O) groups excluding carboxylic acids is 1. The van der Waals surface area contributed by atoms with Crippen LogP contribution in [-0.2, 0) is 4.79 Å². The van der Waals surface area contributed by atoms with Crippen LogP contribution in [0.4, 0.5) is 5.69 Å². The first kappa shape index (κ1) is 11.0. The van der Waals surface area contributed by atoms with E-state index in [0.29, 0.717) is 11.7 Å². The molecule has 0 unspecified atom stereocenters. The van der Waals surface area contributed by atoms with Crippen molar-refractivity contribution in [3.8, 4) is 0 Å². The predicted octanol–water partition coefficient (Wildman–Crippen LogP) is 2.16. The van der Waals surface area contributed by atoms with E-state index in [9.17, 15) is 4.79 Å². The summed E-state index contributed by atoms with van der Waals surface area (Å²) < 4.78 is 0. The van der Waals surface area contributed by atoms with Gasteiger partial charge in [0.15, 0.2) is 0 Å². The zero-order valence-corrected chi connectivity index (χ0v) is 9.17. The third-order valence-corrected chi connectivity index (χ3v) is 2.79. The molecule has 76 valence electrons. The number of thioether (sulfide) groups is 1. The van der Waals surface area contributed by atoms with E-state index < -0.39 is 0 Å². The molecule has 0 aromatic carbocycles. The number of hydrogen-bond acceptors (Lipinski definition) is 3. The molecule has 1 N–H and O–H groups in total. The van der Waals surface area contributed by atoms with Crippen LogP contribution in [-0.4, -0.2) is 22.4 Å². The summed E-state index contributed by atoms with van der Waals surface area (Å²) in [5, 5.41) is 3.15. The Labute approximate surface area is 88.3 Å². The lowest BCUT2D eigenvalue weighted by Gasteiger charge is -2.08. The number of amides is 1. The van der Waals surface area contributed by atoms with Crippen LogP contribution < -0.4 is 5.32 Å². The van der Waals surface area contributed by atoms with Crippen molar-refractivity contribution in [3.05, 3.63) is 24.5 Å². The van der Waals surface area contributed by atoms with Gasteiger partial charge in [0.2, 0.25) is 5.91 Å². The van der Waals surface area contributed by atoms with Gasteiger partial charge in [0, 0.05) is 17.9 Å². The highest BCUT2D eigenvalue weighted by Gasteiger charge is 2.07. The molecule has 1 heterocycles. The Bertz CT molecular complexity index is 289. The molecule has 0 fully saturated rings. The number of pyridine rings is 1. The minimum atomic E-state index is 0.0415. The van der Waals surface area contributed by atoms with Crippen molar-refractivity contribution in [2.45, 2.75) is 18.6 Å². The summed E-state index contributed by atoms with van der Waals surface area (Å²) in [4.78, 5) is 15.3. The Hall–Kier alpha value is -1.03. The van der Waals surface area contributed by atoms with Gasteiger partial charge in [-0.15, -0.1) is 0 Å². The van der Waals surface area contributed by atoms with Crippen LogP contribution in [0.15, 0.2) is 24.5 Å². The summed E-state index contributed by atoms with van der Waals surface area (Å²) in [6.45, 7) is 2.04. The molecule has 0 aliphatic carbocycles. The van der Waals surface area contributed by atoms with E-state index in [1.165, 1.54) is 0 Å². The molecule has 14 heavy (non-hydrogen) atoms. The maximum absolute atomic E-state index is 11.4. The lowest BCUT2D eigenvalue weighted by Crippen LogP contribution is -2.15. The number of anilines is 1. The van der Waals surface area contributed by atoms with Crippen molar-refractivity contribution < 1.29 is 4.79 Å². The third kappa shape index (κ3) is 3.79. The van der Waals surface area contributed by atoms with Crippen LogP contribution in [0.5, 0.6) is 0 Å². The highest BCUT2D eigenvalue weighted by atomic mass is 32.2. The average Bonchev–Trinajstić information content (AvgIpc) is 2.19. The van der Waals surface area contributed by atoms with Crippen molar-refractivity contribution >= 4 is 23.4 Å². The van der Waals surface area contributed by atoms with Gasteiger partial charge in [-0.1, -0.05) is 6.92 Å². The molecular weight excluding hydrogens is 196 g/mol. The molecule has 0 aliphatic rings. The summed E-state index contributed by atoms with van der Waals surface area (Å²) in [6.07, 6.45) is 5.86. The first-order valence-electron chi connectivity index (χ1n) is 4.45. The van der Waals surface area contributed by atoms with E-state index in [1.807, 2.05) is 19.2 Å². The fourth-order valence-electron chi connectivity index (χ4n) is 0.993. The second kappa shape index (κ2) is 5.65. The molecule has 1 atom stereocenters. The van der Waals surface area contributed by atoms with Gasteiger partial charge in [-0.25, -0.2) is 0 Å². The van der Waals surface area contributed by atoms with Gasteiger partial charge in [-0.3, -0.25) is 9.78 Å². The number of hydrogen-bond donors (Lipinski definition) is 1. The van der Waals surface area contributed by atoms with Crippen molar-refractivity contribution in [2.75, 3.05) is 11.6 Å². The van der Waals surface area contributed by atoms with Crippen LogP contribution in [0.1, 0.15) is 13.3 Å². The quantitative estimate of drug-likeness (QED) is 0.828. The lowest BCUT2D eigenvalue weighted by molar-refractivity contribution is -0.116. The van der Waals surface area contributed by atoms with Gasteiger partial charge in [0.25, 0.3) is 0 Å². The number of carbonyl (C=O) groups is 1. The first-order valence-corrected chi connectivity index (χ1v) is 5.74. The van der Waals surface area contributed by atoms with E-state index >= 15 is 0 Å². The summed E-state index contributed by atoms with van der Waals surface area (Å²) >= 11 is 1.69. The number of nitrogens with one attached hydrogen (secondary N) is 1. The van der Waals surface area contributed by atoms with Crippen molar-refractivity contribution in [2.24, 2.45) is 0 Å². The summed E-state index contributed by atoms with van der Waals surface area (Å²) in [5.41, 5.74) is 0.755. The second-order valence-electron chi connectivity index (χ2n) is 3.04. The maximum atomic E-state index is 11.4. The monoisotopic (exact) mass is 210 g/mol. The van der Waals surface area contributed by atoms with Gasteiger partial charge >= 0.3 is 0 Å². The number of rotatable bonds is 4. The Kier molecular flexibility index (Phi) is 4.46. The Balaban J connectivity index is 2.42. The van der Waals surface area contributed by atoms with Crippen LogP contribution in [0.2, 0.25) is 0 Å². The smallest absolute Gasteiger partial charge is 0.225 e. The van der Waals surface area contributed by atoms with Gasteiger partial charge < -0.3 is 5.32 Å². The second-order valence-corrected chi connectivity index (χ2v) is 4.32. The highest BCUT2D eigenvalue weighted by molar-refractivity contribution is 7.99.